The van der Waals surface area contributed by atoms with Crippen molar-refractivity contribution >= 4 is 6.09 Å². The number of ether oxygens (including phenoxy) is 1. The molecule has 5 heteroatoms. The van der Waals surface area contributed by atoms with Gasteiger partial charge in [0.1, 0.15) is 5.60 Å². The first-order valence-corrected chi connectivity index (χ1v) is 6.24. The van der Waals surface area contributed by atoms with Gasteiger partial charge in [0.2, 0.25) is 0 Å². The summed E-state index contributed by atoms with van der Waals surface area (Å²) in [5, 5.41) is 12.0. The molecular formula is C12H24N2O3. The fourth-order valence-electron chi connectivity index (χ4n) is 1.86. The number of carbonyl (C=O) groups is 1. The molecule has 0 saturated carbocycles. The first kappa shape index (κ1) is 14.3. The molecule has 1 heterocycles. The van der Waals surface area contributed by atoms with Gasteiger partial charge in [-0.05, 0) is 33.6 Å². The van der Waals surface area contributed by atoms with Crippen LogP contribution in [0.2, 0.25) is 0 Å². The Hall–Kier alpha value is -0.810. The molecule has 5 nitrogen and oxygen atoms in total. The Bertz CT molecular complexity index is 243. The molecule has 0 spiro atoms. The molecule has 1 amide bonds. The van der Waals surface area contributed by atoms with Crippen LogP contribution in [0.3, 0.4) is 0 Å². The van der Waals surface area contributed by atoms with Gasteiger partial charge in [-0.2, -0.15) is 0 Å². The highest BCUT2D eigenvalue weighted by molar-refractivity contribution is 5.68. The van der Waals surface area contributed by atoms with Crippen LogP contribution in [-0.4, -0.2) is 54.0 Å². The summed E-state index contributed by atoms with van der Waals surface area (Å²) in [5.41, 5.74) is -0.428. The van der Waals surface area contributed by atoms with Crippen molar-refractivity contribution in [1.82, 2.24) is 10.2 Å². The first-order valence-electron chi connectivity index (χ1n) is 6.24. The lowest BCUT2D eigenvalue weighted by Gasteiger charge is -2.33. The second-order valence-corrected chi connectivity index (χ2v) is 5.42. The van der Waals surface area contributed by atoms with E-state index in [9.17, 15) is 4.79 Å². The van der Waals surface area contributed by atoms with Crippen LogP contribution in [0.1, 0.15) is 33.6 Å². The molecule has 1 aliphatic heterocycles. The van der Waals surface area contributed by atoms with Crippen LogP contribution >= 0.6 is 0 Å². The van der Waals surface area contributed by atoms with Crippen molar-refractivity contribution in [3.63, 3.8) is 0 Å². The largest absolute Gasteiger partial charge is 0.444 e. The van der Waals surface area contributed by atoms with E-state index in [0.717, 1.165) is 25.9 Å². The maximum Gasteiger partial charge on any atom is 0.410 e. The molecule has 1 aliphatic rings. The number of hydrogen-bond donors (Lipinski definition) is 2. The van der Waals surface area contributed by atoms with Gasteiger partial charge in [-0.25, -0.2) is 4.79 Å². The molecule has 1 saturated heterocycles. The van der Waals surface area contributed by atoms with E-state index in [1.807, 2.05) is 20.8 Å². The molecule has 0 aromatic rings. The normalized spacial score (nSPS) is 18.2. The molecule has 0 radical (unpaired) electrons. The summed E-state index contributed by atoms with van der Waals surface area (Å²) in [6.45, 7) is 7.85. The Kier molecular flexibility index (Phi) is 5.21. The van der Waals surface area contributed by atoms with Crippen LogP contribution in [-0.2, 0) is 4.74 Å². The van der Waals surface area contributed by atoms with Gasteiger partial charge in [0, 0.05) is 25.7 Å². The molecule has 1 fully saturated rings. The molecule has 0 unspecified atom stereocenters. The summed E-state index contributed by atoms with van der Waals surface area (Å²) >= 11 is 0. The van der Waals surface area contributed by atoms with Gasteiger partial charge in [-0.1, -0.05) is 0 Å². The van der Waals surface area contributed by atoms with Gasteiger partial charge < -0.3 is 20.1 Å². The van der Waals surface area contributed by atoms with E-state index in [4.69, 9.17) is 9.84 Å². The topological polar surface area (TPSA) is 61.8 Å². The molecule has 0 atom stereocenters. The van der Waals surface area contributed by atoms with Gasteiger partial charge >= 0.3 is 6.09 Å². The van der Waals surface area contributed by atoms with Gasteiger partial charge in [0.15, 0.2) is 0 Å². The third kappa shape index (κ3) is 5.37. The van der Waals surface area contributed by atoms with Crippen LogP contribution in [0.5, 0.6) is 0 Å². The highest BCUT2D eigenvalue weighted by Crippen LogP contribution is 2.15. The number of nitrogens with zero attached hydrogens (tertiary/aromatic N) is 1. The average Bonchev–Trinajstić information content (AvgIpc) is 2.24. The zero-order chi connectivity index (χ0) is 12.9. The van der Waals surface area contributed by atoms with Crippen molar-refractivity contribution in [3.8, 4) is 0 Å². The van der Waals surface area contributed by atoms with Crippen molar-refractivity contribution in [1.29, 1.82) is 0 Å². The smallest absolute Gasteiger partial charge is 0.410 e. The summed E-state index contributed by atoms with van der Waals surface area (Å²) in [4.78, 5) is 13.5. The standard InChI is InChI=1S/C12H24N2O3/c1-12(2,3)17-11(16)14-7-4-10(5-8-14)13-6-9-15/h10,13,15H,4-9H2,1-3H3. The van der Waals surface area contributed by atoms with E-state index in [1.54, 1.807) is 4.90 Å². The van der Waals surface area contributed by atoms with Crippen molar-refractivity contribution in [3.05, 3.63) is 0 Å². The molecule has 1 rings (SSSR count). The van der Waals surface area contributed by atoms with E-state index in [-0.39, 0.29) is 12.7 Å². The number of likely N-dealkylation sites (tertiary alicyclic amines) is 1. The maximum atomic E-state index is 11.8. The fourth-order valence-corrected chi connectivity index (χ4v) is 1.86. The minimum absolute atomic E-state index is 0.159. The average molecular weight is 244 g/mol. The quantitative estimate of drug-likeness (QED) is 0.776. The number of aliphatic hydroxyl groups is 1. The number of piperidine rings is 1. The van der Waals surface area contributed by atoms with Gasteiger partial charge in [-0.3, -0.25) is 0 Å². The molecule has 17 heavy (non-hydrogen) atoms. The minimum atomic E-state index is -0.428. The van der Waals surface area contributed by atoms with E-state index < -0.39 is 5.60 Å². The summed E-state index contributed by atoms with van der Waals surface area (Å²) in [6.07, 6.45) is 1.61. The van der Waals surface area contributed by atoms with Crippen molar-refractivity contribution < 1.29 is 14.6 Å². The van der Waals surface area contributed by atoms with Crippen LogP contribution in [0.4, 0.5) is 4.79 Å². The highest BCUT2D eigenvalue weighted by Gasteiger charge is 2.26. The fraction of sp³-hybridized carbons (Fsp3) is 0.917. The van der Waals surface area contributed by atoms with Gasteiger partial charge in [-0.15, -0.1) is 0 Å². The summed E-state index contributed by atoms with van der Waals surface area (Å²) in [5.74, 6) is 0. The third-order valence-corrected chi connectivity index (χ3v) is 2.69. The second-order valence-electron chi connectivity index (χ2n) is 5.42. The Labute approximate surface area is 103 Å². The molecule has 0 aliphatic carbocycles. The molecule has 2 N–H and O–H groups in total. The van der Waals surface area contributed by atoms with E-state index >= 15 is 0 Å². The summed E-state index contributed by atoms with van der Waals surface area (Å²) in [7, 11) is 0. The molecule has 0 aromatic carbocycles. The van der Waals surface area contributed by atoms with Crippen LogP contribution in [0.15, 0.2) is 0 Å². The maximum absolute atomic E-state index is 11.8. The lowest BCUT2D eigenvalue weighted by atomic mass is 10.1. The van der Waals surface area contributed by atoms with Crippen LogP contribution < -0.4 is 5.32 Å². The summed E-state index contributed by atoms with van der Waals surface area (Å²) < 4.78 is 5.32. The molecule has 0 aromatic heterocycles. The lowest BCUT2D eigenvalue weighted by molar-refractivity contribution is 0.0197. The van der Waals surface area contributed by atoms with E-state index in [0.29, 0.717) is 12.6 Å². The predicted octanol–water partition coefficient (Wildman–Crippen LogP) is 0.968. The van der Waals surface area contributed by atoms with Crippen molar-refractivity contribution in [2.75, 3.05) is 26.2 Å². The van der Waals surface area contributed by atoms with Gasteiger partial charge in [0.25, 0.3) is 0 Å². The number of carbonyl (C=O) groups excluding carboxylic acids is 1. The number of amides is 1. The second kappa shape index (κ2) is 6.21. The summed E-state index contributed by atoms with van der Waals surface area (Å²) in [6, 6.07) is 0.404. The third-order valence-electron chi connectivity index (χ3n) is 2.69. The Morgan fingerprint density at radius 1 is 1.41 bits per heavy atom. The zero-order valence-corrected chi connectivity index (χ0v) is 11.0. The zero-order valence-electron chi connectivity index (χ0n) is 11.0. The minimum Gasteiger partial charge on any atom is -0.444 e. The number of hydrogen-bond acceptors (Lipinski definition) is 4. The first-order chi connectivity index (χ1) is 7.92. The van der Waals surface area contributed by atoms with E-state index in [1.165, 1.54) is 0 Å². The predicted molar refractivity (Wildman–Crippen MR) is 65.9 cm³/mol. The van der Waals surface area contributed by atoms with Crippen LogP contribution in [0, 0.1) is 0 Å². The molecule has 100 valence electrons. The number of nitrogens with one attached hydrogen (secondary N) is 1. The number of rotatable bonds is 3. The van der Waals surface area contributed by atoms with Crippen molar-refractivity contribution in [2.24, 2.45) is 0 Å². The SMILES string of the molecule is CC(C)(C)OC(=O)N1CCC(NCCO)CC1. The van der Waals surface area contributed by atoms with Crippen molar-refractivity contribution in [2.45, 2.75) is 45.3 Å². The van der Waals surface area contributed by atoms with E-state index in [2.05, 4.69) is 5.32 Å². The Balaban J connectivity index is 2.29. The molecular weight excluding hydrogens is 220 g/mol. The molecule has 0 bridgehead atoms. The number of aliphatic hydroxyl groups excluding tert-OH is 1. The Morgan fingerprint density at radius 3 is 2.47 bits per heavy atom. The van der Waals surface area contributed by atoms with Crippen LogP contribution in [0.25, 0.3) is 0 Å². The van der Waals surface area contributed by atoms with Gasteiger partial charge in [0.05, 0.1) is 6.61 Å². The highest BCUT2D eigenvalue weighted by atomic mass is 16.6. The monoisotopic (exact) mass is 244 g/mol. The lowest BCUT2D eigenvalue weighted by Crippen LogP contribution is -2.46. The Morgan fingerprint density at radius 2 is 2.00 bits per heavy atom.